The third kappa shape index (κ3) is 3.69. The van der Waals surface area contributed by atoms with Crippen molar-refractivity contribution in [3.05, 3.63) is 71.3 Å². The molecular formula is C21H19FN4O3. The third-order valence-corrected chi connectivity index (χ3v) is 4.65. The number of rotatable bonds is 4. The van der Waals surface area contributed by atoms with E-state index < -0.39 is 11.9 Å². The molecule has 0 bridgehead atoms. The zero-order valence-electron chi connectivity index (χ0n) is 16.0. The monoisotopic (exact) mass is 394 g/mol. The van der Waals surface area contributed by atoms with Gasteiger partial charge in [0.15, 0.2) is 5.82 Å². The first-order valence-electron chi connectivity index (χ1n) is 9.11. The Morgan fingerprint density at radius 3 is 2.48 bits per heavy atom. The second-order valence-corrected chi connectivity index (χ2v) is 6.77. The predicted molar refractivity (Wildman–Crippen MR) is 106 cm³/mol. The maximum atomic E-state index is 14.6. The third-order valence-electron chi connectivity index (χ3n) is 4.65. The summed E-state index contributed by atoms with van der Waals surface area (Å²) in [5, 5.41) is 6.96. The van der Waals surface area contributed by atoms with Crippen LogP contribution in [0.5, 0.6) is 0 Å². The van der Waals surface area contributed by atoms with Crippen molar-refractivity contribution in [1.29, 1.82) is 0 Å². The molecule has 29 heavy (non-hydrogen) atoms. The number of aryl methyl sites for hydroxylation is 2. The molecule has 1 aliphatic heterocycles. The summed E-state index contributed by atoms with van der Waals surface area (Å²) in [7, 11) is 0. The summed E-state index contributed by atoms with van der Waals surface area (Å²) < 4.78 is 21.0. The van der Waals surface area contributed by atoms with Crippen molar-refractivity contribution in [3.8, 4) is 5.69 Å². The lowest BCUT2D eigenvalue weighted by atomic mass is 10.1. The second kappa shape index (κ2) is 7.38. The molecule has 0 unspecified atom stereocenters. The van der Waals surface area contributed by atoms with Crippen LogP contribution in [0.3, 0.4) is 0 Å². The number of ether oxygens (including phenoxy) is 1. The molecule has 0 atom stereocenters. The molecule has 7 nitrogen and oxygen atoms in total. The van der Waals surface area contributed by atoms with Crippen LogP contribution in [0.4, 0.5) is 20.6 Å². The van der Waals surface area contributed by atoms with Crippen LogP contribution in [0.25, 0.3) is 5.69 Å². The van der Waals surface area contributed by atoms with Gasteiger partial charge in [-0.05, 0) is 62.4 Å². The van der Waals surface area contributed by atoms with E-state index in [1.54, 1.807) is 36.4 Å². The number of amides is 2. The summed E-state index contributed by atoms with van der Waals surface area (Å²) in [6.45, 7) is 4.51. The molecule has 2 heterocycles. The fourth-order valence-electron chi connectivity index (χ4n) is 3.25. The number of carbonyl (C=O) groups excluding carboxylic acids is 2. The summed E-state index contributed by atoms with van der Waals surface area (Å²) in [6, 6.07) is 12.9. The maximum absolute atomic E-state index is 14.6. The minimum absolute atomic E-state index is 0.315. The predicted octanol–water partition coefficient (Wildman–Crippen LogP) is 3.84. The SMILES string of the molecule is Cc1cc(C)n(-c2ccc(NC(=O)c3ccc(N4CCOC4=O)cc3)cc2F)n1. The van der Waals surface area contributed by atoms with Crippen molar-refractivity contribution >= 4 is 23.4 Å². The normalized spacial score (nSPS) is 13.5. The fraction of sp³-hybridized carbons (Fsp3) is 0.190. The van der Waals surface area contributed by atoms with Crippen molar-refractivity contribution in [2.45, 2.75) is 13.8 Å². The Labute approximate surface area is 166 Å². The van der Waals surface area contributed by atoms with Crippen LogP contribution in [0.15, 0.2) is 48.5 Å². The topological polar surface area (TPSA) is 76.5 Å². The number of benzene rings is 2. The molecule has 1 aromatic heterocycles. The quantitative estimate of drug-likeness (QED) is 0.730. The van der Waals surface area contributed by atoms with Gasteiger partial charge in [-0.15, -0.1) is 0 Å². The first-order chi connectivity index (χ1) is 13.9. The van der Waals surface area contributed by atoms with E-state index in [4.69, 9.17) is 4.74 Å². The lowest BCUT2D eigenvalue weighted by Gasteiger charge is -2.13. The smallest absolute Gasteiger partial charge is 0.414 e. The molecule has 4 rings (SSSR count). The average molecular weight is 394 g/mol. The van der Waals surface area contributed by atoms with Crippen LogP contribution >= 0.6 is 0 Å². The molecule has 1 fully saturated rings. The van der Waals surface area contributed by atoms with E-state index in [2.05, 4.69) is 10.4 Å². The highest BCUT2D eigenvalue weighted by molar-refractivity contribution is 6.04. The summed E-state index contributed by atoms with van der Waals surface area (Å²) in [6.07, 6.45) is -0.402. The summed E-state index contributed by atoms with van der Waals surface area (Å²) in [5.41, 5.74) is 3.32. The second-order valence-electron chi connectivity index (χ2n) is 6.77. The number of hydrogen-bond donors (Lipinski definition) is 1. The maximum Gasteiger partial charge on any atom is 0.414 e. The van der Waals surface area contributed by atoms with E-state index in [-0.39, 0.29) is 5.91 Å². The summed E-state index contributed by atoms with van der Waals surface area (Å²) in [4.78, 5) is 25.6. The van der Waals surface area contributed by atoms with Crippen LogP contribution in [-0.2, 0) is 4.74 Å². The highest BCUT2D eigenvalue weighted by atomic mass is 19.1. The van der Waals surface area contributed by atoms with Gasteiger partial charge in [0.2, 0.25) is 0 Å². The van der Waals surface area contributed by atoms with Gasteiger partial charge in [0, 0.05) is 22.6 Å². The molecular weight excluding hydrogens is 375 g/mol. The van der Waals surface area contributed by atoms with Crippen molar-refractivity contribution in [1.82, 2.24) is 9.78 Å². The molecule has 3 aromatic rings. The molecule has 2 amide bonds. The zero-order chi connectivity index (χ0) is 20.5. The van der Waals surface area contributed by atoms with E-state index in [1.807, 2.05) is 19.9 Å². The van der Waals surface area contributed by atoms with E-state index >= 15 is 0 Å². The Hall–Kier alpha value is -3.68. The number of cyclic esters (lactones) is 1. The van der Waals surface area contributed by atoms with Crippen molar-refractivity contribution in [3.63, 3.8) is 0 Å². The van der Waals surface area contributed by atoms with Crippen LogP contribution in [0.2, 0.25) is 0 Å². The van der Waals surface area contributed by atoms with E-state index in [1.165, 1.54) is 15.6 Å². The summed E-state index contributed by atoms with van der Waals surface area (Å²) in [5.74, 6) is -0.865. The molecule has 8 heteroatoms. The van der Waals surface area contributed by atoms with Crippen LogP contribution in [-0.4, -0.2) is 34.9 Å². The van der Waals surface area contributed by atoms with Gasteiger partial charge in [0.05, 0.1) is 12.2 Å². The standard InChI is InChI=1S/C21H19FN4O3/c1-13-11-14(2)26(24-13)19-8-5-16(12-18(19)22)23-20(27)15-3-6-17(7-4-15)25-9-10-29-21(25)28/h3-8,11-12H,9-10H2,1-2H3,(H,23,27). The van der Waals surface area contributed by atoms with Gasteiger partial charge in [-0.1, -0.05) is 0 Å². The Morgan fingerprint density at radius 1 is 1.14 bits per heavy atom. The minimum atomic E-state index is -0.489. The number of anilines is 2. The van der Waals surface area contributed by atoms with Crippen molar-refractivity contribution in [2.75, 3.05) is 23.4 Å². The largest absolute Gasteiger partial charge is 0.447 e. The van der Waals surface area contributed by atoms with Crippen LogP contribution in [0.1, 0.15) is 21.7 Å². The molecule has 1 N–H and O–H groups in total. The van der Waals surface area contributed by atoms with Crippen LogP contribution in [0, 0.1) is 19.7 Å². The lowest BCUT2D eigenvalue weighted by molar-refractivity contribution is 0.102. The van der Waals surface area contributed by atoms with Crippen LogP contribution < -0.4 is 10.2 Å². The number of nitrogens with one attached hydrogen (secondary N) is 1. The van der Waals surface area contributed by atoms with E-state index in [9.17, 15) is 14.0 Å². The van der Waals surface area contributed by atoms with Gasteiger partial charge >= 0.3 is 6.09 Å². The zero-order valence-corrected chi connectivity index (χ0v) is 16.0. The number of aromatic nitrogens is 2. The Balaban J connectivity index is 1.49. The Morgan fingerprint density at radius 2 is 1.90 bits per heavy atom. The van der Waals surface area contributed by atoms with Crippen molar-refractivity contribution < 1.29 is 18.7 Å². The van der Waals surface area contributed by atoms with Crippen molar-refractivity contribution in [2.24, 2.45) is 0 Å². The van der Waals surface area contributed by atoms with Gasteiger partial charge in [-0.3, -0.25) is 9.69 Å². The van der Waals surface area contributed by atoms with Gasteiger partial charge in [-0.25, -0.2) is 13.9 Å². The molecule has 2 aromatic carbocycles. The molecule has 1 aliphatic rings. The summed E-state index contributed by atoms with van der Waals surface area (Å²) >= 11 is 0. The Kier molecular flexibility index (Phi) is 4.75. The first-order valence-corrected chi connectivity index (χ1v) is 9.11. The average Bonchev–Trinajstić information content (AvgIpc) is 3.26. The molecule has 0 saturated carbocycles. The van der Waals surface area contributed by atoms with E-state index in [0.29, 0.717) is 35.8 Å². The van der Waals surface area contributed by atoms with Gasteiger partial charge in [0.25, 0.3) is 5.91 Å². The first kappa shape index (κ1) is 18.7. The van der Waals surface area contributed by atoms with Gasteiger partial charge < -0.3 is 10.1 Å². The molecule has 148 valence electrons. The number of halogens is 1. The van der Waals surface area contributed by atoms with E-state index in [0.717, 1.165) is 11.4 Å². The Bertz CT molecular complexity index is 1090. The molecule has 1 saturated heterocycles. The number of nitrogens with zero attached hydrogens (tertiary/aromatic N) is 3. The molecule has 0 spiro atoms. The molecule has 0 radical (unpaired) electrons. The fourth-order valence-corrected chi connectivity index (χ4v) is 3.25. The van der Waals surface area contributed by atoms with Gasteiger partial charge in [0.1, 0.15) is 12.3 Å². The minimum Gasteiger partial charge on any atom is -0.447 e. The molecule has 0 aliphatic carbocycles. The van der Waals surface area contributed by atoms with Gasteiger partial charge in [-0.2, -0.15) is 5.10 Å². The number of carbonyl (C=O) groups is 2. The number of hydrogen-bond acceptors (Lipinski definition) is 4. The lowest BCUT2D eigenvalue weighted by Crippen LogP contribution is -2.23. The highest BCUT2D eigenvalue weighted by Gasteiger charge is 2.23. The highest BCUT2D eigenvalue weighted by Crippen LogP contribution is 2.22.